The molecule has 0 aromatic heterocycles. The van der Waals surface area contributed by atoms with Crippen LogP contribution in [-0.4, -0.2) is 32.5 Å². The predicted molar refractivity (Wildman–Crippen MR) is 133 cm³/mol. The van der Waals surface area contributed by atoms with E-state index in [9.17, 15) is 9.36 Å². The number of hydrogen-bond donors (Lipinski definition) is 0. The summed E-state index contributed by atoms with van der Waals surface area (Å²) in [4.78, 5) is 12.6. The molecule has 0 saturated heterocycles. The number of cyclic esters (lactones) is 1. The fourth-order valence-electron chi connectivity index (χ4n) is 3.64. The number of benzene rings is 1. The Morgan fingerprint density at radius 1 is 1.22 bits per heavy atom. The highest BCUT2D eigenvalue weighted by molar-refractivity contribution is 7.39. The van der Waals surface area contributed by atoms with E-state index in [1.54, 1.807) is 13.8 Å². The Labute approximate surface area is 194 Å². The lowest BCUT2D eigenvalue weighted by Gasteiger charge is -2.22. The number of nitrogens with zero attached hydrogens (tertiary/aromatic N) is 1. The lowest BCUT2D eigenvalue weighted by atomic mass is 9.89. The maximum Gasteiger partial charge on any atom is 0.586 e. The lowest BCUT2D eigenvalue weighted by Crippen LogP contribution is -2.23. The monoisotopic (exact) mass is 478 g/mol. The highest BCUT2D eigenvalue weighted by atomic mass is 31.1. The zero-order valence-electron chi connectivity index (χ0n) is 20.8. The number of hydrogen-bond acceptors (Lipinski definition) is 6. The molecule has 1 atom stereocenters. The van der Waals surface area contributed by atoms with Crippen LogP contribution >= 0.6 is 8.03 Å². The number of carbonyl (C=O) groups excluding carboxylic acids is 1. The summed E-state index contributed by atoms with van der Waals surface area (Å²) in [5.41, 5.74) is 6.53. The topological polar surface area (TPSA) is 74.2 Å². The van der Waals surface area contributed by atoms with Crippen LogP contribution in [0.2, 0.25) is 25.7 Å². The van der Waals surface area contributed by atoms with E-state index in [1.807, 2.05) is 13.0 Å². The molecule has 1 heterocycles. The molecule has 1 aromatic carbocycles. The van der Waals surface area contributed by atoms with Gasteiger partial charge in [0.05, 0.1) is 12.3 Å². The van der Waals surface area contributed by atoms with Crippen LogP contribution in [0.15, 0.2) is 16.8 Å². The van der Waals surface area contributed by atoms with Crippen molar-refractivity contribution in [3.8, 4) is 5.75 Å². The quantitative estimate of drug-likeness (QED) is 0.0896. The van der Waals surface area contributed by atoms with Crippen molar-refractivity contribution in [3.05, 3.63) is 39.5 Å². The lowest BCUT2D eigenvalue weighted by molar-refractivity contribution is 0.0532. The number of rotatable bonds is 11. The summed E-state index contributed by atoms with van der Waals surface area (Å²) in [6.07, 6.45) is 3.79. The van der Waals surface area contributed by atoms with Crippen LogP contribution in [0.5, 0.6) is 5.75 Å². The number of allylic oxidation sites excluding steroid dienone is 2. The van der Waals surface area contributed by atoms with Crippen LogP contribution in [0.25, 0.3) is 0 Å². The van der Waals surface area contributed by atoms with Gasteiger partial charge < -0.3 is 9.47 Å². The molecule has 1 aromatic rings. The van der Waals surface area contributed by atoms with Crippen molar-refractivity contribution in [2.24, 2.45) is 5.16 Å². The van der Waals surface area contributed by atoms with E-state index in [0.717, 1.165) is 40.4 Å². The van der Waals surface area contributed by atoms with Crippen LogP contribution in [0.1, 0.15) is 60.3 Å². The van der Waals surface area contributed by atoms with Gasteiger partial charge >= 0.3 is 14.0 Å². The summed E-state index contributed by atoms with van der Waals surface area (Å²) in [6.45, 7) is 17.5. The van der Waals surface area contributed by atoms with Crippen molar-refractivity contribution in [3.63, 3.8) is 0 Å². The van der Waals surface area contributed by atoms with Crippen molar-refractivity contribution in [2.75, 3.05) is 12.8 Å². The van der Waals surface area contributed by atoms with E-state index in [0.29, 0.717) is 37.1 Å². The first-order chi connectivity index (χ1) is 14.9. The molecule has 0 spiro atoms. The Bertz CT molecular complexity index is 943. The number of oxime groups is 1. The van der Waals surface area contributed by atoms with Gasteiger partial charge in [0.2, 0.25) is 6.16 Å². The van der Waals surface area contributed by atoms with Gasteiger partial charge in [0.15, 0.2) is 0 Å². The zero-order valence-corrected chi connectivity index (χ0v) is 22.7. The van der Waals surface area contributed by atoms with E-state index >= 15 is 0 Å². The molecule has 176 valence electrons. The summed E-state index contributed by atoms with van der Waals surface area (Å²) in [5, 5.41) is 3.79. The summed E-state index contributed by atoms with van der Waals surface area (Å²) < 4.78 is 28.9. The van der Waals surface area contributed by atoms with Crippen molar-refractivity contribution in [2.45, 2.75) is 79.8 Å². The number of fused-ring (bicyclic) bond motifs is 1. The molecule has 0 radical (unpaired) electrons. The molecule has 0 aliphatic carbocycles. The molecule has 2 rings (SSSR count). The number of carbonyl (C=O) groups is 1. The van der Waals surface area contributed by atoms with Gasteiger partial charge in [-0.3, -0.25) is 0 Å². The van der Waals surface area contributed by atoms with Gasteiger partial charge in [-0.2, -0.15) is 0 Å². The van der Waals surface area contributed by atoms with E-state index in [1.165, 1.54) is 5.56 Å². The highest BCUT2D eigenvalue weighted by Crippen LogP contribution is 2.39. The minimum Gasteiger partial charge on any atom is -0.493 e. The Morgan fingerprint density at radius 2 is 1.91 bits per heavy atom. The van der Waals surface area contributed by atoms with Crippen molar-refractivity contribution in [1.82, 2.24) is 0 Å². The minimum atomic E-state index is -1.90. The Kier molecular flexibility index (Phi) is 9.23. The first-order valence-corrected chi connectivity index (χ1v) is 16.3. The highest BCUT2D eigenvalue weighted by Gasteiger charge is 2.32. The van der Waals surface area contributed by atoms with E-state index in [2.05, 4.69) is 38.6 Å². The molecule has 0 fully saturated rings. The molecular formula is C24H37NO5PSi+. The molecule has 0 bridgehead atoms. The third kappa shape index (κ3) is 7.01. The number of esters is 1. The molecule has 8 heteroatoms. The van der Waals surface area contributed by atoms with Crippen molar-refractivity contribution >= 4 is 27.8 Å². The van der Waals surface area contributed by atoms with Gasteiger partial charge in [-0.05, 0) is 73.0 Å². The molecule has 0 saturated carbocycles. The van der Waals surface area contributed by atoms with Crippen LogP contribution < -0.4 is 4.74 Å². The van der Waals surface area contributed by atoms with Crippen molar-refractivity contribution < 1.29 is 23.5 Å². The summed E-state index contributed by atoms with van der Waals surface area (Å²) in [5.74, 6) is 0.360. The first kappa shape index (κ1) is 26.3. The van der Waals surface area contributed by atoms with Gasteiger partial charge in [-0.25, -0.2) is 4.79 Å². The molecule has 6 nitrogen and oxygen atoms in total. The van der Waals surface area contributed by atoms with Crippen LogP contribution in [0, 0.1) is 6.92 Å². The van der Waals surface area contributed by atoms with E-state index in [-0.39, 0.29) is 5.97 Å². The summed E-state index contributed by atoms with van der Waals surface area (Å²) in [6, 6.07) is 1.01. The molecule has 32 heavy (non-hydrogen) atoms. The molecule has 0 amide bonds. The maximum absolute atomic E-state index is 12.6. The average Bonchev–Trinajstić information content (AvgIpc) is 3.07. The second-order valence-corrected chi connectivity index (χ2v) is 16.5. The van der Waals surface area contributed by atoms with E-state index < -0.39 is 16.1 Å². The second kappa shape index (κ2) is 11.2. The Hall–Kier alpha value is -1.98. The van der Waals surface area contributed by atoms with Gasteiger partial charge in [-0.15, -0.1) is 4.62 Å². The predicted octanol–water partition coefficient (Wildman–Crippen LogP) is 6.59. The molecule has 0 N–H and O–H groups in total. The largest absolute Gasteiger partial charge is 0.586 e. The second-order valence-electron chi connectivity index (χ2n) is 9.72. The van der Waals surface area contributed by atoms with E-state index in [4.69, 9.17) is 14.1 Å². The van der Waals surface area contributed by atoms with Crippen LogP contribution in [-0.2, 0) is 33.4 Å². The van der Waals surface area contributed by atoms with Crippen LogP contribution in [0.3, 0.4) is 0 Å². The third-order valence-electron chi connectivity index (χ3n) is 5.42. The summed E-state index contributed by atoms with van der Waals surface area (Å²) >= 11 is 0. The van der Waals surface area contributed by atoms with Gasteiger partial charge in [0.1, 0.15) is 17.9 Å². The standard InChI is InChI=1S/C24H37NO5PSi/c1-9-19-18(5)21-14-29-24(26)22(21)23(28-12-13-32(6,7)8)20(19)11-10-17(4)15-31(27)30-25-16(2)3/h10H,9,11-15H2,1-8H3/q+1/b17-10+. The molecule has 1 aliphatic heterocycles. The third-order valence-corrected chi connectivity index (χ3v) is 8.15. The number of ether oxygens (including phenoxy) is 2. The van der Waals surface area contributed by atoms with Gasteiger partial charge in [0.25, 0.3) is 0 Å². The summed E-state index contributed by atoms with van der Waals surface area (Å²) in [7, 11) is -3.18. The zero-order chi connectivity index (χ0) is 24.1. The molecular weight excluding hydrogens is 441 g/mol. The fraction of sp³-hybridized carbons (Fsp3) is 0.583. The van der Waals surface area contributed by atoms with Crippen LogP contribution in [0.4, 0.5) is 0 Å². The Balaban J connectivity index is 2.38. The smallest absolute Gasteiger partial charge is 0.493 e. The molecule has 1 unspecified atom stereocenters. The average molecular weight is 479 g/mol. The fourth-order valence-corrected chi connectivity index (χ4v) is 5.20. The van der Waals surface area contributed by atoms with Gasteiger partial charge in [-0.1, -0.05) is 32.6 Å². The first-order valence-electron chi connectivity index (χ1n) is 11.2. The SMILES string of the molecule is CCc1c(C)c2c(c(OCC[Si](C)(C)C)c1C/C=C(\C)C[P+](=O)ON=C(C)C)C(=O)OC2. The maximum atomic E-state index is 12.6. The Morgan fingerprint density at radius 3 is 2.50 bits per heavy atom. The minimum absolute atomic E-state index is 0.306. The normalized spacial score (nSPS) is 14.1. The van der Waals surface area contributed by atoms with Crippen molar-refractivity contribution in [1.29, 1.82) is 0 Å². The molecule has 1 aliphatic rings. The van der Waals surface area contributed by atoms with Gasteiger partial charge in [0, 0.05) is 19.2 Å².